The molecule has 1 aromatic heterocycles. The van der Waals surface area contributed by atoms with E-state index in [-0.39, 0.29) is 12.1 Å². The third-order valence-electron chi connectivity index (χ3n) is 9.10. The lowest BCUT2D eigenvalue weighted by Crippen LogP contribution is -2.64. The van der Waals surface area contributed by atoms with Crippen molar-refractivity contribution in [3.8, 4) is 11.3 Å². The minimum Gasteiger partial charge on any atom is -0.454 e. The van der Waals surface area contributed by atoms with Crippen molar-refractivity contribution >= 4 is 5.97 Å². The summed E-state index contributed by atoms with van der Waals surface area (Å²) >= 11 is 0. The number of benzene rings is 2. The number of carbonyl (C=O) groups is 1. The number of fused-ring (bicyclic) bond motifs is 3. The molecule has 7 rings (SSSR count). The van der Waals surface area contributed by atoms with Crippen LogP contribution in [0.25, 0.3) is 11.3 Å². The number of hydrogen-bond donors (Lipinski definition) is 0. The molecule has 2 bridgehead atoms. The Kier molecular flexibility index (Phi) is 6.63. The summed E-state index contributed by atoms with van der Waals surface area (Å²) < 4.78 is 13.6. The zero-order valence-electron chi connectivity index (χ0n) is 21.9. The zero-order chi connectivity index (χ0) is 25.3. The summed E-state index contributed by atoms with van der Waals surface area (Å²) in [4.78, 5) is 21.0. The minimum absolute atomic E-state index is 0.0635. The molecule has 194 valence electrons. The lowest BCUT2D eigenvalue weighted by Gasteiger charge is -2.52. The minimum atomic E-state index is -0.758. The molecule has 2 atom stereocenters. The van der Waals surface area contributed by atoms with E-state index in [1.54, 1.807) is 0 Å². The van der Waals surface area contributed by atoms with Crippen molar-refractivity contribution in [3.05, 3.63) is 78.3 Å². The quantitative estimate of drug-likeness (QED) is 0.321. The van der Waals surface area contributed by atoms with Crippen molar-refractivity contribution in [2.75, 3.05) is 32.7 Å². The molecule has 3 aromatic rings. The van der Waals surface area contributed by atoms with E-state index in [4.69, 9.17) is 9.15 Å². The van der Waals surface area contributed by atoms with Gasteiger partial charge in [-0.2, -0.15) is 0 Å². The second-order valence-electron chi connectivity index (χ2n) is 11.4. The number of ether oxygens (including phenoxy) is 1. The number of carbonyl (C=O) groups excluding carboxylic acids is 1. The molecule has 6 nitrogen and oxygen atoms in total. The van der Waals surface area contributed by atoms with Crippen molar-refractivity contribution < 1.29 is 18.4 Å². The summed E-state index contributed by atoms with van der Waals surface area (Å²) in [6, 6.07) is 20.3. The maximum Gasteiger partial charge on any atom is 0.331 e. The van der Waals surface area contributed by atoms with E-state index in [0.717, 1.165) is 92.2 Å². The highest BCUT2D eigenvalue weighted by Gasteiger charge is 2.51. The summed E-state index contributed by atoms with van der Waals surface area (Å²) in [5, 5.41) is 0. The molecular weight excluding hydrogens is 462 g/mol. The number of nitrogens with zero attached hydrogens (tertiary/aromatic N) is 3. The lowest BCUT2D eigenvalue weighted by atomic mass is 9.82. The second-order valence-corrected chi connectivity index (χ2v) is 11.4. The van der Waals surface area contributed by atoms with Crippen LogP contribution in [0.2, 0.25) is 0 Å². The standard InChI is InChI=1S/C31H38N3O3/c1-31(26-13-7-3-8-14-26,33-17-9-4-10-18-33)30(35)37-28-22-34(19-15-25(28)16-20-34)23-29-32-21-27(36-29)24-11-5-2-6-12-24/h2-3,5-8,11-14,21,25,28H,4,9-10,15-20,22-23H2,1H3/q+1. The molecule has 5 heterocycles. The van der Waals surface area contributed by atoms with Gasteiger partial charge in [0.2, 0.25) is 0 Å². The van der Waals surface area contributed by atoms with Crippen LogP contribution in [0.3, 0.4) is 0 Å². The Hall–Kier alpha value is -2.96. The molecule has 4 aliphatic rings. The van der Waals surface area contributed by atoms with E-state index in [1.165, 1.54) is 6.42 Å². The molecule has 0 aliphatic carbocycles. The van der Waals surface area contributed by atoms with Crippen LogP contribution in [0, 0.1) is 5.92 Å². The van der Waals surface area contributed by atoms with Crippen LogP contribution in [0.5, 0.6) is 0 Å². The molecule has 37 heavy (non-hydrogen) atoms. The predicted molar refractivity (Wildman–Crippen MR) is 142 cm³/mol. The van der Waals surface area contributed by atoms with Gasteiger partial charge in [0.15, 0.2) is 18.4 Å². The highest BCUT2D eigenvalue weighted by Crippen LogP contribution is 2.40. The van der Waals surface area contributed by atoms with Crippen LogP contribution in [-0.2, 0) is 21.6 Å². The van der Waals surface area contributed by atoms with Gasteiger partial charge >= 0.3 is 5.97 Å². The number of piperidine rings is 4. The summed E-state index contributed by atoms with van der Waals surface area (Å²) in [5.74, 6) is 1.92. The van der Waals surface area contributed by atoms with Gasteiger partial charge < -0.3 is 13.6 Å². The number of aromatic nitrogens is 1. The fraction of sp³-hybridized carbons (Fsp3) is 0.484. The average molecular weight is 501 g/mol. The molecule has 2 unspecified atom stereocenters. The molecule has 0 saturated carbocycles. The van der Waals surface area contributed by atoms with Gasteiger partial charge in [-0.15, -0.1) is 0 Å². The van der Waals surface area contributed by atoms with E-state index >= 15 is 0 Å². The predicted octanol–water partition coefficient (Wildman–Crippen LogP) is 5.40. The molecule has 2 aromatic carbocycles. The Morgan fingerprint density at radius 2 is 1.70 bits per heavy atom. The summed E-state index contributed by atoms with van der Waals surface area (Å²) in [6.07, 6.45) is 7.42. The summed E-state index contributed by atoms with van der Waals surface area (Å²) in [6.45, 7) is 7.69. The van der Waals surface area contributed by atoms with Crippen LogP contribution in [0.4, 0.5) is 0 Å². The maximum absolute atomic E-state index is 14.0. The number of hydrogen-bond acceptors (Lipinski definition) is 5. The van der Waals surface area contributed by atoms with E-state index < -0.39 is 5.54 Å². The Labute approximate surface area is 219 Å². The second kappa shape index (κ2) is 10.1. The van der Waals surface area contributed by atoms with Gasteiger partial charge in [0.05, 0.1) is 19.3 Å². The number of likely N-dealkylation sites (tertiary alicyclic amines) is 1. The Morgan fingerprint density at radius 3 is 2.41 bits per heavy atom. The Morgan fingerprint density at radius 1 is 1.03 bits per heavy atom. The molecule has 0 spiro atoms. The average Bonchev–Trinajstić information content (AvgIpc) is 3.42. The SMILES string of the molecule is CC(C(=O)OC1C[N+]2(Cc3ncc(-c4ccccc4)o3)CCC1CC2)(c1ccccc1)N1CCCCC1. The van der Waals surface area contributed by atoms with E-state index in [9.17, 15) is 4.79 Å². The number of quaternary nitrogens is 1. The Balaban J connectivity index is 1.20. The third-order valence-corrected chi connectivity index (χ3v) is 9.10. The normalized spacial score (nSPS) is 27.5. The van der Waals surface area contributed by atoms with Gasteiger partial charge in [-0.05, 0) is 38.4 Å². The number of esters is 1. The van der Waals surface area contributed by atoms with Crippen molar-refractivity contribution in [1.82, 2.24) is 9.88 Å². The van der Waals surface area contributed by atoms with Crippen molar-refractivity contribution in [3.63, 3.8) is 0 Å². The van der Waals surface area contributed by atoms with Crippen molar-refractivity contribution in [2.24, 2.45) is 5.92 Å². The topological polar surface area (TPSA) is 55.6 Å². The molecule has 0 N–H and O–H groups in total. The molecule has 4 aliphatic heterocycles. The first-order chi connectivity index (χ1) is 18.1. The van der Waals surface area contributed by atoms with E-state index in [1.807, 2.05) is 54.7 Å². The number of oxazole rings is 1. The zero-order valence-corrected chi connectivity index (χ0v) is 21.9. The summed E-state index contributed by atoms with van der Waals surface area (Å²) in [7, 11) is 0. The van der Waals surface area contributed by atoms with E-state index in [2.05, 4.69) is 28.9 Å². The highest BCUT2D eigenvalue weighted by molar-refractivity contribution is 5.82. The molecular formula is C31H38N3O3+. The molecule has 0 radical (unpaired) electrons. The molecule has 6 heteroatoms. The van der Waals surface area contributed by atoms with Crippen LogP contribution >= 0.6 is 0 Å². The fourth-order valence-corrected chi connectivity index (χ4v) is 6.77. The monoisotopic (exact) mass is 500 g/mol. The first-order valence-electron chi connectivity index (χ1n) is 13.9. The van der Waals surface area contributed by atoms with Crippen LogP contribution in [0.15, 0.2) is 71.3 Å². The first kappa shape index (κ1) is 24.4. The van der Waals surface area contributed by atoms with Gasteiger partial charge in [0.25, 0.3) is 5.89 Å². The van der Waals surface area contributed by atoms with E-state index in [0.29, 0.717) is 5.92 Å². The van der Waals surface area contributed by atoms with Gasteiger partial charge in [0.1, 0.15) is 12.1 Å². The first-order valence-corrected chi connectivity index (χ1v) is 13.9. The van der Waals surface area contributed by atoms with Gasteiger partial charge in [-0.3, -0.25) is 4.90 Å². The van der Waals surface area contributed by atoms with Gasteiger partial charge in [-0.25, -0.2) is 9.78 Å². The molecule has 0 amide bonds. The maximum atomic E-state index is 14.0. The van der Waals surface area contributed by atoms with Gasteiger partial charge in [0, 0.05) is 24.3 Å². The smallest absolute Gasteiger partial charge is 0.331 e. The van der Waals surface area contributed by atoms with Crippen LogP contribution in [-0.4, -0.2) is 59.2 Å². The lowest BCUT2D eigenvalue weighted by molar-refractivity contribution is -0.959. The largest absolute Gasteiger partial charge is 0.454 e. The van der Waals surface area contributed by atoms with Crippen molar-refractivity contribution in [2.45, 2.75) is 57.2 Å². The summed E-state index contributed by atoms with van der Waals surface area (Å²) in [5.41, 5.74) is 1.31. The van der Waals surface area contributed by atoms with Crippen LogP contribution in [0.1, 0.15) is 50.5 Å². The van der Waals surface area contributed by atoms with Gasteiger partial charge in [-0.1, -0.05) is 67.1 Å². The third kappa shape index (κ3) is 4.73. The number of rotatable bonds is 7. The fourth-order valence-electron chi connectivity index (χ4n) is 6.77. The highest BCUT2D eigenvalue weighted by atomic mass is 16.5. The Bertz CT molecular complexity index is 1200. The molecule has 4 fully saturated rings. The van der Waals surface area contributed by atoms with Crippen molar-refractivity contribution in [1.29, 1.82) is 0 Å². The van der Waals surface area contributed by atoms with Crippen LogP contribution < -0.4 is 0 Å². The molecule has 4 saturated heterocycles.